The van der Waals surface area contributed by atoms with Gasteiger partial charge in [0.05, 0.1) is 23.4 Å². The predicted molar refractivity (Wildman–Crippen MR) is 73.9 cm³/mol. The first-order chi connectivity index (χ1) is 8.58. The number of carbonyl (C=O) groups is 1. The molecule has 0 aromatic heterocycles. The topological polar surface area (TPSA) is 64.3 Å². The number of halogens is 1. The van der Waals surface area contributed by atoms with Crippen molar-refractivity contribution in [2.45, 2.75) is 25.8 Å². The highest BCUT2D eigenvalue weighted by Gasteiger charge is 2.13. The molecular formula is C13H19ClN2O2. The molecule has 0 bridgehead atoms. The first-order valence-corrected chi connectivity index (χ1v) is 6.31. The zero-order valence-electron chi connectivity index (χ0n) is 10.7. The molecule has 0 heterocycles. The number of nitrogen functional groups attached to an aromatic ring is 1. The van der Waals surface area contributed by atoms with Crippen LogP contribution in [0.25, 0.3) is 0 Å². The molecule has 0 saturated carbocycles. The van der Waals surface area contributed by atoms with E-state index in [4.69, 9.17) is 22.1 Å². The minimum absolute atomic E-state index is 0.0180. The lowest BCUT2D eigenvalue weighted by molar-refractivity contribution is 0.0891. The van der Waals surface area contributed by atoms with Crippen LogP contribution in [0.2, 0.25) is 5.02 Å². The lowest BCUT2D eigenvalue weighted by atomic mass is 10.1. The van der Waals surface area contributed by atoms with Crippen molar-refractivity contribution in [1.82, 2.24) is 5.32 Å². The lowest BCUT2D eigenvalue weighted by Gasteiger charge is -2.17. The van der Waals surface area contributed by atoms with E-state index in [1.165, 1.54) is 0 Å². The fourth-order valence-electron chi connectivity index (χ4n) is 1.70. The van der Waals surface area contributed by atoms with Gasteiger partial charge in [0.2, 0.25) is 0 Å². The summed E-state index contributed by atoms with van der Waals surface area (Å²) in [5.74, 6) is -0.158. The highest BCUT2D eigenvalue weighted by atomic mass is 35.5. The van der Waals surface area contributed by atoms with Gasteiger partial charge in [0.1, 0.15) is 0 Å². The molecule has 1 rings (SSSR count). The van der Waals surface area contributed by atoms with Gasteiger partial charge in [0, 0.05) is 12.7 Å². The van der Waals surface area contributed by atoms with Gasteiger partial charge in [-0.05, 0) is 24.6 Å². The number of rotatable bonds is 6. The van der Waals surface area contributed by atoms with Gasteiger partial charge in [0.25, 0.3) is 5.91 Å². The van der Waals surface area contributed by atoms with Crippen LogP contribution >= 0.6 is 11.6 Å². The van der Waals surface area contributed by atoms with Crippen LogP contribution in [0.5, 0.6) is 0 Å². The molecule has 18 heavy (non-hydrogen) atoms. The minimum atomic E-state index is -0.158. The number of carbonyl (C=O) groups excluding carboxylic acids is 1. The number of anilines is 1. The third-order valence-corrected chi connectivity index (χ3v) is 2.94. The fourth-order valence-corrected chi connectivity index (χ4v) is 1.82. The first-order valence-electron chi connectivity index (χ1n) is 5.93. The molecule has 4 nitrogen and oxygen atoms in total. The maximum absolute atomic E-state index is 12.0. The second kappa shape index (κ2) is 7.24. The molecule has 100 valence electrons. The Hall–Kier alpha value is -1.26. The van der Waals surface area contributed by atoms with Crippen molar-refractivity contribution in [1.29, 1.82) is 0 Å². The highest BCUT2D eigenvalue weighted by Crippen LogP contribution is 2.19. The molecular weight excluding hydrogens is 252 g/mol. The van der Waals surface area contributed by atoms with E-state index in [-0.39, 0.29) is 11.9 Å². The summed E-state index contributed by atoms with van der Waals surface area (Å²) in [4.78, 5) is 12.0. The molecule has 1 atom stereocenters. The Morgan fingerprint density at radius 1 is 1.56 bits per heavy atom. The van der Waals surface area contributed by atoms with Crippen LogP contribution in [-0.4, -0.2) is 25.7 Å². The number of hydrogen-bond acceptors (Lipinski definition) is 3. The quantitative estimate of drug-likeness (QED) is 0.781. The summed E-state index contributed by atoms with van der Waals surface area (Å²) in [6.07, 6.45) is 1.86. The van der Waals surface area contributed by atoms with Crippen molar-refractivity contribution in [2.75, 3.05) is 19.5 Å². The van der Waals surface area contributed by atoms with Crippen LogP contribution < -0.4 is 11.1 Å². The van der Waals surface area contributed by atoms with Gasteiger partial charge in [-0.15, -0.1) is 0 Å². The average molecular weight is 271 g/mol. The van der Waals surface area contributed by atoms with E-state index in [0.29, 0.717) is 22.9 Å². The molecule has 0 aliphatic rings. The van der Waals surface area contributed by atoms with Crippen LogP contribution in [0.4, 0.5) is 5.69 Å². The van der Waals surface area contributed by atoms with E-state index in [2.05, 4.69) is 12.2 Å². The van der Waals surface area contributed by atoms with Crippen molar-refractivity contribution in [2.24, 2.45) is 0 Å². The van der Waals surface area contributed by atoms with Crippen LogP contribution in [0.15, 0.2) is 18.2 Å². The van der Waals surface area contributed by atoms with Gasteiger partial charge < -0.3 is 15.8 Å². The number of amides is 1. The first kappa shape index (κ1) is 14.8. The van der Waals surface area contributed by atoms with Crippen LogP contribution in [0, 0.1) is 0 Å². The summed E-state index contributed by atoms with van der Waals surface area (Å²) in [7, 11) is 1.62. The third kappa shape index (κ3) is 4.20. The monoisotopic (exact) mass is 270 g/mol. The van der Waals surface area contributed by atoms with Crippen LogP contribution in [-0.2, 0) is 4.74 Å². The number of benzene rings is 1. The van der Waals surface area contributed by atoms with E-state index < -0.39 is 0 Å². The van der Waals surface area contributed by atoms with Gasteiger partial charge in [-0.1, -0.05) is 24.9 Å². The average Bonchev–Trinajstić information content (AvgIpc) is 2.33. The molecule has 0 radical (unpaired) electrons. The molecule has 1 amide bonds. The summed E-state index contributed by atoms with van der Waals surface area (Å²) in [5, 5.41) is 3.37. The van der Waals surface area contributed by atoms with Crippen molar-refractivity contribution >= 4 is 23.2 Å². The van der Waals surface area contributed by atoms with Crippen molar-refractivity contribution < 1.29 is 9.53 Å². The third-order valence-electron chi connectivity index (χ3n) is 2.60. The van der Waals surface area contributed by atoms with Crippen molar-refractivity contribution in [3.05, 3.63) is 28.8 Å². The van der Waals surface area contributed by atoms with E-state index in [9.17, 15) is 4.79 Å². The van der Waals surface area contributed by atoms with E-state index in [0.717, 1.165) is 12.8 Å². The lowest BCUT2D eigenvalue weighted by Crippen LogP contribution is -2.37. The number of hydrogen-bond donors (Lipinski definition) is 2. The SMILES string of the molecule is CCCC(COC)NC(=O)c1ccc(Cl)c(N)c1. The molecule has 0 aliphatic carbocycles. The normalized spacial score (nSPS) is 12.2. The zero-order valence-corrected chi connectivity index (χ0v) is 11.5. The maximum atomic E-state index is 12.0. The predicted octanol–water partition coefficient (Wildman–Crippen LogP) is 2.47. The molecule has 1 unspecified atom stereocenters. The molecule has 3 N–H and O–H groups in total. The summed E-state index contributed by atoms with van der Waals surface area (Å²) in [6.45, 7) is 2.57. The van der Waals surface area contributed by atoms with E-state index in [1.54, 1.807) is 25.3 Å². The molecule has 1 aromatic rings. The maximum Gasteiger partial charge on any atom is 0.251 e. The molecule has 0 saturated heterocycles. The highest BCUT2D eigenvalue weighted by molar-refractivity contribution is 6.33. The Morgan fingerprint density at radius 3 is 2.83 bits per heavy atom. The summed E-state index contributed by atoms with van der Waals surface area (Å²) >= 11 is 5.81. The van der Waals surface area contributed by atoms with Crippen molar-refractivity contribution in [3.63, 3.8) is 0 Å². The zero-order chi connectivity index (χ0) is 13.5. The van der Waals surface area contributed by atoms with E-state index in [1.807, 2.05) is 0 Å². The van der Waals surface area contributed by atoms with Gasteiger partial charge >= 0.3 is 0 Å². The standard InChI is InChI=1S/C13H19ClN2O2/c1-3-4-10(8-18-2)16-13(17)9-5-6-11(14)12(15)7-9/h5-7,10H,3-4,8,15H2,1-2H3,(H,16,17). The number of methoxy groups -OCH3 is 1. The second-order valence-electron chi connectivity index (χ2n) is 4.15. The number of ether oxygens (including phenoxy) is 1. The molecule has 0 spiro atoms. The Balaban J connectivity index is 2.70. The Labute approximate surface area is 112 Å². The van der Waals surface area contributed by atoms with E-state index >= 15 is 0 Å². The Bertz CT molecular complexity index is 404. The summed E-state index contributed by atoms with van der Waals surface area (Å²) in [6, 6.07) is 4.87. The van der Waals surface area contributed by atoms with Crippen molar-refractivity contribution in [3.8, 4) is 0 Å². The van der Waals surface area contributed by atoms with Gasteiger partial charge in [0.15, 0.2) is 0 Å². The summed E-state index contributed by atoms with van der Waals surface area (Å²) in [5.41, 5.74) is 6.58. The fraction of sp³-hybridized carbons (Fsp3) is 0.462. The molecule has 0 fully saturated rings. The Morgan fingerprint density at radius 2 is 2.28 bits per heavy atom. The molecule has 0 aliphatic heterocycles. The molecule has 1 aromatic carbocycles. The van der Waals surface area contributed by atoms with Gasteiger partial charge in [-0.25, -0.2) is 0 Å². The van der Waals surface area contributed by atoms with Crippen LogP contribution in [0.1, 0.15) is 30.1 Å². The van der Waals surface area contributed by atoms with Gasteiger partial charge in [-0.3, -0.25) is 4.79 Å². The number of nitrogens with two attached hydrogens (primary N) is 1. The van der Waals surface area contributed by atoms with Gasteiger partial charge in [-0.2, -0.15) is 0 Å². The second-order valence-corrected chi connectivity index (χ2v) is 4.56. The summed E-state index contributed by atoms with van der Waals surface area (Å²) < 4.78 is 5.08. The van der Waals surface area contributed by atoms with Crippen LogP contribution in [0.3, 0.4) is 0 Å². The Kier molecular flexibility index (Phi) is 5.95. The largest absolute Gasteiger partial charge is 0.398 e. The molecule has 5 heteroatoms. The number of nitrogens with one attached hydrogen (secondary N) is 1. The smallest absolute Gasteiger partial charge is 0.251 e. The minimum Gasteiger partial charge on any atom is -0.398 e.